The van der Waals surface area contributed by atoms with Crippen LogP contribution in [0, 0.1) is 11.8 Å². The summed E-state index contributed by atoms with van der Waals surface area (Å²) in [5.74, 6) is 5.96. The zero-order valence-electron chi connectivity index (χ0n) is 19.2. The number of nitrogens with zero attached hydrogens (tertiary/aromatic N) is 3. The number of hydrogen-bond acceptors (Lipinski definition) is 6. The smallest absolute Gasteiger partial charge is 0.259 e. The predicted molar refractivity (Wildman–Crippen MR) is 130 cm³/mol. The van der Waals surface area contributed by atoms with E-state index in [1.807, 2.05) is 67.6 Å². The number of carbonyl (C=O) groups excluding carboxylic acids is 2. The molecule has 2 heterocycles. The van der Waals surface area contributed by atoms with E-state index >= 15 is 0 Å². The van der Waals surface area contributed by atoms with Crippen molar-refractivity contribution in [3.05, 3.63) is 95.4 Å². The summed E-state index contributed by atoms with van der Waals surface area (Å²) in [6.07, 6.45) is 1.98. The minimum atomic E-state index is -0.815. The molecule has 0 spiro atoms. The maximum atomic E-state index is 13.3. The van der Waals surface area contributed by atoms with Crippen LogP contribution in [0.5, 0.6) is 5.75 Å². The van der Waals surface area contributed by atoms with Gasteiger partial charge in [-0.05, 0) is 30.5 Å². The molecule has 1 unspecified atom stereocenters. The van der Waals surface area contributed by atoms with Gasteiger partial charge in [0, 0.05) is 18.2 Å². The number of fused-ring (bicyclic) bond motifs is 1. The zero-order chi connectivity index (χ0) is 24.5. The van der Waals surface area contributed by atoms with Crippen molar-refractivity contribution >= 4 is 17.8 Å². The van der Waals surface area contributed by atoms with Crippen LogP contribution in [0.1, 0.15) is 34.1 Å². The summed E-state index contributed by atoms with van der Waals surface area (Å²) < 4.78 is 12.9. The molecule has 0 aliphatic rings. The highest BCUT2D eigenvalue weighted by Crippen LogP contribution is 2.26. The third-order valence-corrected chi connectivity index (χ3v) is 5.07. The minimum absolute atomic E-state index is 0.0650. The number of ether oxygens (including phenoxy) is 2. The molecule has 0 saturated carbocycles. The van der Waals surface area contributed by atoms with Crippen LogP contribution in [0.3, 0.4) is 0 Å². The van der Waals surface area contributed by atoms with E-state index in [4.69, 9.17) is 9.47 Å². The molecule has 1 N–H and O–H groups in total. The molecule has 0 saturated heterocycles. The van der Waals surface area contributed by atoms with Gasteiger partial charge in [0.25, 0.3) is 5.91 Å². The van der Waals surface area contributed by atoms with Crippen LogP contribution in [0.15, 0.2) is 73.1 Å². The molecular weight excluding hydrogens is 444 g/mol. The normalized spacial score (nSPS) is 11.3. The minimum Gasteiger partial charge on any atom is -0.488 e. The molecule has 176 valence electrons. The second-order valence-corrected chi connectivity index (χ2v) is 7.53. The molecule has 2 aromatic carbocycles. The quantitative estimate of drug-likeness (QED) is 0.300. The summed E-state index contributed by atoms with van der Waals surface area (Å²) in [5.41, 5.74) is 2.69. The molecule has 0 bridgehead atoms. The first kappa shape index (κ1) is 23.7. The van der Waals surface area contributed by atoms with Gasteiger partial charge in [0.2, 0.25) is 0 Å². The highest BCUT2D eigenvalue weighted by Gasteiger charge is 2.24. The molecule has 4 aromatic rings. The van der Waals surface area contributed by atoms with E-state index in [-0.39, 0.29) is 30.2 Å². The van der Waals surface area contributed by atoms with Crippen LogP contribution in [0.25, 0.3) is 5.65 Å². The summed E-state index contributed by atoms with van der Waals surface area (Å²) in [6.45, 7) is 2.53. The Labute approximate surface area is 202 Å². The van der Waals surface area contributed by atoms with Gasteiger partial charge in [-0.3, -0.25) is 4.79 Å². The first-order valence-electron chi connectivity index (χ1n) is 11.1. The molecule has 2 aromatic heterocycles. The van der Waals surface area contributed by atoms with Crippen molar-refractivity contribution in [3.8, 4) is 17.6 Å². The largest absolute Gasteiger partial charge is 0.488 e. The Morgan fingerprint density at radius 1 is 1.11 bits per heavy atom. The van der Waals surface area contributed by atoms with Crippen molar-refractivity contribution in [2.24, 2.45) is 0 Å². The number of amides is 1. The average molecular weight is 469 g/mol. The van der Waals surface area contributed by atoms with E-state index < -0.39 is 11.9 Å². The van der Waals surface area contributed by atoms with Gasteiger partial charge in [0.15, 0.2) is 5.65 Å². The second-order valence-electron chi connectivity index (χ2n) is 7.53. The molecule has 4 rings (SSSR count). The van der Waals surface area contributed by atoms with Gasteiger partial charge in [0.05, 0.1) is 6.61 Å². The molecule has 8 nitrogen and oxygen atoms in total. The number of nitrogens with one attached hydrogen (secondary N) is 1. The summed E-state index contributed by atoms with van der Waals surface area (Å²) in [5, 5.41) is 6.94. The van der Waals surface area contributed by atoms with Gasteiger partial charge in [0.1, 0.15) is 42.3 Å². The van der Waals surface area contributed by atoms with Crippen molar-refractivity contribution in [2.45, 2.75) is 19.6 Å². The van der Waals surface area contributed by atoms with Gasteiger partial charge < -0.3 is 19.6 Å². The van der Waals surface area contributed by atoms with Crippen molar-refractivity contribution in [3.63, 3.8) is 0 Å². The maximum Gasteiger partial charge on any atom is 0.259 e. The van der Waals surface area contributed by atoms with Crippen LogP contribution in [0.4, 0.5) is 0 Å². The lowest BCUT2D eigenvalue weighted by Crippen LogP contribution is -2.39. The fourth-order valence-electron chi connectivity index (χ4n) is 3.37. The van der Waals surface area contributed by atoms with Crippen molar-refractivity contribution in [2.75, 3.05) is 13.2 Å². The standard InChI is InChI=1S/C27H24N4O4/c1-2-34-18-22(16-32)30-27(33)25-24(35-17-21-11-7-4-8-12-21)15-23(31-26(25)28-19-29-31)14-13-20-9-5-3-6-10-20/h3-12,15-16,19,22H,2,17-18H2,1H3,(H,30,33). The van der Waals surface area contributed by atoms with Crippen LogP contribution in [-0.4, -0.2) is 46.0 Å². The van der Waals surface area contributed by atoms with E-state index in [0.29, 0.717) is 18.6 Å². The lowest BCUT2D eigenvalue weighted by Gasteiger charge is -2.16. The molecule has 1 amide bonds. The molecule has 35 heavy (non-hydrogen) atoms. The Morgan fingerprint density at radius 3 is 2.57 bits per heavy atom. The maximum absolute atomic E-state index is 13.3. The number of carbonyl (C=O) groups is 2. The Bertz CT molecular complexity index is 1360. The summed E-state index contributed by atoms with van der Waals surface area (Å²) >= 11 is 0. The fraction of sp³-hybridized carbons (Fsp3) is 0.185. The lowest BCUT2D eigenvalue weighted by molar-refractivity contribution is -0.110. The average Bonchev–Trinajstić information content (AvgIpc) is 3.39. The van der Waals surface area contributed by atoms with E-state index in [2.05, 4.69) is 27.2 Å². The number of aromatic nitrogens is 3. The Balaban J connectivity index is 1.74. The van der Waals surface area contributed by atoms with Crippen LogP contribution >= 0.6 is 0 Å². The lowest BCUT2D eigenvalue weighted by atomic mass is 10.1. The van der Waals surface area contributed by atoms with E-state index in [1.165, 1.54) is 10.8 Å². The van der Waals surface area contributed by atoms with Gasteiger partial charge in [-0.2, -0.15) is 5.10 Å². The van der Waals surface area contributed by atoms with E-state index in [9.17, 15) is 9.59 Å². The Kier molecular flexibility index (Phi) is 7.84. The summed E-state index contributed by atoms with van der Waals surface area (Å²) in [7, 11) is 0. The molecule has 0 radical (unpaired) electrons. The van der Waals surface area contributed by atoms with Crippen LogP contribution < -0.4 is 10.1 Å². The molecule has 0 fully saturated rings. The topological polar surface area (TPSA) is 94.8 Å². The molecular formula is C27H24N4O4. The zero-order valence-corrected chi connectivity index (χ0v) is 19.2. The SMILES string of the molecule is CCOCC(C=O)NC(=O)c1c(OCc2ccccc2)cc(C#Cc2ccccc2)n2ncnc12. The van der Waals surface area contributed by atoms with Crippen LogP contribution in [-0.2, 0) is 16.1 Å². The number of rotatable bonds is 9. The monoisotopic (exact) mass is 468 g/mol. The van der Waals surface area contributed by atoms with Crippen molar-refractivity contribution in [1.29, 1.82) is 0 Å². The summed E-state index contributed by atoms with van der Waals surface area (Å²) in [6, 6.07) is 20.0. The highest BCUT2D eigenvalue weighted by molar-refractivity contribution is 6.03. The fourth-order valence-corrected chi connectivity index (χ4v) is 3.37. The second kappa shape index (κ2) is 11.6. The van der Waals surface area contributed by atoms with Gasteiger partial charge in [-0.15, -0.1) is 0 Å². The van der Waals surface area contributed by atoms with Gasteiger partial charge >= 0.3 is 0 Å². The van der Waals surface area contributed by atoms with Crippen molar-refractivity contribution in [1.82, 2.24) is 19.9 Å². The van der Waals surface area contributed by atoms with E-state index in [0.717, 1.165) is 11.1 Å². The van der Waals surface area contributed by atoms with E-state index in [1.54, 1.807) is 6.07 Å². The molecule has 0 aliphatic carbocycles. The predicted octanol–water partition coefficient (Wildman–Crippen LogP) is 3.04. The number of pyridine rings is 1. The number of aldehydes is 1. The number of hydrogen-bond donors (Lipinski definition) is 1. The molecule has 8 heteroatoms. The van der Waals surface area contributed by atoms with Gasteiger partial charge in [-0.25, -0.2) is 9.50 Å². The third-order valence-electron chi connectivity index (χ3n) is 5.07. The summed E-state index contributed by atoms with van der Waals surface area (Å²) in [4.78, 5) is 29.1. The van der Waals surface area contributed by atoms with Gasteiger partial charge in [-0.1, -0.05) is 54.5 Å². The Hall–Kier alpha value is -4.48. The number of benzene rings is 2. The molecule has 0 aliphatic heterocycles. The first-order chi connectivity index (χ1) is 17.2. The highest BCUT2D eigenvalue weighted by atomic mass is 16.5. The Morgan fingerprint density at radius 2 is 1.86 bits per heavy atom. The van der Waals surface area contributed by atoms with Crippen molar-refractivity contribution < 1.29 is 19.1 Å². The molecule has 1 atom stereocenters. The third kappa shape index (κ3) is 5.91. The first-order valence-corrected chi connectivity index (χ1v) is 11.1. The van der Waals surface area contributed by atoms with Crippen LogP contribution in [0.2, 0.25) is 0 Å².